The van der Waals surface area contributed by atoms with E-state index in [9.17, 15) is 0 Å². The topological polar surface area (TPSA) is 0 Å². The van der Waals surface area contributed by atoms with Crippen molar-refractivity contribution in [3.8, 4) is 5.92 Å². The maximum Gasteiger partial charge on any atom is 1.00 e. The van der Waals surface area contributed by atoms with E-state index in [2.05, 4.69) is 5.92 Å². The molecule has 0 aliphatic carbocycles. The third-order valence-electron chi connectivity index (χ3n) is 1.20. The van der Waals surface area contributed by atoms with E-state index >= 15 is 0 Å². The van der Waals surface area contributed by atoms with Crippen LogP contribution in [0.1, 0.15) is 11.1 Å². The minimum Gasteiger partial charge on any atom is -0.366 e. The third kappa shape index (κ3) is 2.41. The van der Waals surface area contributed by atoms with Crippen LogP contribution in [-0.2, 0) is 22.4 Å². The molecule has 0 saturated carbocycles. The Bertz CT molecular complexity index is 228. The van der Waals surface area contributed by atoms with Gasteiger partial charge >= 0.3 is 22.4 Å². The molecule has 0 nitrogen and oxygen atoms in total. The molecular formula is C9H7Ag. The van der Waals surface area contributed by atoms with E-state index in [-0.39, 0.29) is 22.4 Å². The average Bonchev–Trinajstić information content (AvgIpc) is 1.90. The van der Waals surface area contributed by atoms with Crippen molar-refractivity contribution < 1.29 is 22.4 Å². The molecule has 0 radical (unpaired) electrons. The van der Waals surface area contributed by atoms with E-state index in [0.717, 1.165) is 5.56 Å². The second-order valence-corrected chi connectivity index (χ2v) is 1.99. The Morgan fingerprint density at radius 1 is 1.20 bits per heavy atom. The average molecular weight is 223 g/mol. The van der Waals surface area contributed by atoms with Gasteiger partial charge < -0.3 is 6.42 Å². The van der Waals surface area contributed by atoms with Gasteiger partial charge in [-0.1, -0.05) is 17.7 Å². The summed E-state index contributed by atoms with van der Waals surface area (Å²) in [6.07, 6.45) is 6.76. The Labute approximate surface area is 77.2 Å². The van der Waals surface area contributed by atoms with Crippen LogP contribution in [0.25, 0.3) is 0 Å². The van der Waals surface area contributed by atoms with Gasteiger partial charge in [0.15, 0.2) is 0 Å². The van der Waals surface area contributed by atoms with Crippen molar-refractivity contribution in [3.05, 3.63) is 41.8 Å². The Kier molecular flexibility index (Phi) is 4.14. The van der Waals surface area contributed by atoms with Gasteiger partial charge in [0.2, 0.25) is 0 Å². The SMILES string of the molecule is [Ag+].[C-]#Cc1ccc(C)cc1. The molecule has 0 spiro atoms. The van der Waals surface area contributed by atoms with Gasteiger partial charge in [0.25, 0.3) is 0 Å². The molecule has 0 fully saturated rings. The molecule has 1 aromatic carbocycles. The molecule has 1 aromatic rings. The van der Waals surface area contributed by atoms with Crippen LogP contribution in [0.4, 0.5) is 0 Å². The fourth-order valence-electron chi connectivity index (χ4n) is 0.637. The number of benzene rings is 1. The summed E-state index contributed by atoms with van der Waals surface area (Å²) < 4.78 is 0. The van der Waals surface area contributed by atoms with Crippen LogP contribution in [0.2, 0.25) is 0 Å². The summed E-state index contributed by atoms with van der Waals surface area (Å²) in [5.41, 5.74) is 2.05. The first-order valence-corrected chi connectivity index (χ1v) is 2.82. The molecule has 0 unspecified atom stereocenters. The molecule has 1 rings (SSSR count). The molecule has 1 heteroatoms. The van der Waals surface area contributed by atoms with E-state index in [1.54, 1.807) is 0 Å². The Morgan fingerprint density at radius 3 is 2.10 bits per heavy atom. The monoisotopic (exact) mass is 222 g/mol. The predicted octanol–water partition coefficient (Wildman–Crippen LogP) is 1.93. The van der Waals surface area contributed by atoms with Gasteiger partial charge in [-0.05, 0) is 6.92 Å². The summed E-state index contributed by atoms with van der Waals surface area (Å²) >= 11 is 0. The van der Waals surface area contributed by atoms with E-state index in [1.807, 2.05) is 31.2 Å². The largest absolute Gasteiger partial charge is 1.00 e. The molecule has 0 bridgehead atoms. The molecule has 0 atom stereocenters. The maximum atomic E-state index is 6.76. The van der Waals surface area contributed by atoms with Crippen LogP contribution in [0, 0.1) is 19.3 Å². The molecule has 0 saturated heterocycles. The van der Waals surface area contributed by atoms with Crippen molar-refractivity contribution in [1.29, 1.82) is 0 Å². The minimum atomic E-state index is 0. The summed E-state index contributed by atoms with van der Waals surface area (Å²) in [5, 5.41) is 0. The molecule has 10 heavy (non-hydrogen) atoms. The molecule has 0 amide bonds. The molecule has 0 N–H and O–H groups in total. The molecule has 0 aromatic heterocycles. The normalized spacial score (nSPS) is 7.60. The van der Waals surface area contributed by atoms with Crippen LogP contribution in [0.15, 0.2) is 24.3 Å². The van der Waals surface area contributed by atoms with Crippen LogP contribution in [0.3, 0.4) is 0 Å². The minimum absolute atomic E-state index is 0. The Hall–Kier alpha value is -0.480. The quantitative estimate of drug-likeness (QED) is 0.358. The first-order chi connectivity index (χ1) is 4.33. The summed E-state index contributed by atoms with van der Waals surface area (Å²) in [4.78, 5) is 0. The fourth-order valence-corrected chi connectivity index (χ4v) is 0.637. The summed E-state index contributed by atoms with van der Waals surface area (Å²) in [6.45, 7) is 2.02. The van der Waals surface area contributed by atoms with Gasteiger partial charge in [-0.25, -0.2) is 0 Å². The van der Waals surface area contributed by atoms with Crippen molar-refractivity contribution in [2.24, 2.45) is 0 Å². The Balaban J connectivity index is 0.000000810. The number of hydrogen-bond donors (Lipinski definition) is 0. The van der Waals surface area contributed by atoms with Gasteiger partial charge in [-0.2, -0.15) is 0 Å². The van der Waals surface area contributed by atoms with E-state index in [0.29, 0.717) is 0 Å². The van der Waals surface area contributed by atoms with Crippen LogP contribution in [-0.4, -0.2) is 0 Å². The van der Waals surface area contributed by atoms with E-state index < -0.39 is 0 Å². The van der Waals surface area contributed by atoms with Crippen LogP contribution >= 0.6 is 0 Å². The van der Waals surface area contributed by atoms with E-state index in [4.69, 9.17) is 6.42 Å². The zero-order chi connectivity index (χ0) is 6.69. The first kappa shape index (κ1) is 9.52. The number of hydrogen-bond acceptors (Lipinski definition) is 0. The van der Waals surface area contributed by atoms with Gasteiger partial charge in [0, 0.05) is 0 Å². The zero-order valence-corrected chi connectivity index (χ0v) is 7.09. The molecule has 0 heterocycles. The van der Waals surface area contributed by atoms with Crippen molar-refractivity contribution in [2.75, 3.05) is 0 Å². The van der Waals surface area contributed by atoms with Gasteiger partial charge in [0.1, 0.15) is 0 Å². The maximum absolute atomic E-state index is 6.76. The molecular weight excluding hydrogens is 216 g/mol. The number of rotatable bonds is 0. The predicted molar refractivity (Wildman–Crippen MR) is 37.4 cm³/mol. The van der Waals surface area contributed by atoms with Crippen molar-refractivity contribution >= 4 is 0 Å². The van der Waals surface area contributed by atoms with Crippen LogP contribution in [0.5, 0.6) is 0 Å². The first-order valence-electron chi connectivity index (χ1n) is 2.82. The van der Waals surface area contributed by atoms with Gasteiger partial charge in [-0.3, -0.25) is 5.92 Å². The summed E-state index contributed by atoms with van der Waals surface area (Å²) in [5.74, 6) is 2.30. The standard InChI is InChI=1S/C9H7.Ag/c1-3-9-6-4-8(2)5-7-9;/h4-7H,2H3;/q-1;+1. The van der Waals surface area contributed by atoms with Crippen molar-refractivity contribution in [3.63, 3.8) is 0 Å². The molecule has 54 valence electrons. The zero-order valence-electron chi connectivity index (χ0n) is 5.61. The summed E-state index contributed by atoms with van der Waals surface area (Å²) in [6, 6.07) is 7.69. The molecule has 0 aliphatic rings. The van der Waals surface area contributed by atoms with Gasteiger partial charge in [-0.15, -0.1) is 17.7 Å². The second kappa shape index (κ2) is 4.35. The smallest absolute Gasteiger partial charge is 0.366 e. The van der Waals surface area contributed by atoms with Crippen LogP contribution < -0.4 is 0 Å². The van der Waals surface area contributed by atoms with E-state index in [1.165, 1.54) is 5.56 Å². The third-order valence-corrected chi connectivity index (χ3v) is 1.20. The summed E-state index contributed by atoms with van der Waals surface area (Å²) in [7, 11) is 0. The Morgan fingerprint density at radius 2 is 1.70 bits per heavy atom. The second-order valence-electron chi connectivity index (χ2n) is 1.99. The molecule has 0 aliphatic heterocycles. The van der Waals surface area contributed by atoms with Crippen molar-refractivity contribution in [2.45, 2.75) is 6.92 Å². The fraction of sp³-hybridized carbons (Fsp3) is 0.111. The van der Waals surface area contributed by atoms with Gasteiger partial charge in [0.05, 0.1) is 0 Å². The number of aryl methyl sites for hydroxylation is 1. The van der Waals surface area contributed by atoms with Crippen molar-refractivity contribution in [1.82, 2.24) is 0 Å².